The Balaban J connectivity index is 1.34. The van der Waals surface area contributed by atoms with Crippen LogP contribution >= 0.6 is 0 Å². The summed E-state index contributed by atoms with van der Waals surface area (Å²) >= 11 is 0. The Morgan fingerprint density at radius 3 is 2.54 bits per heavy atom. The normalized spacial score (nSPS) is 15.1. The fourth-order valence-corrected chi connectivity index (χ4v) is 3.31. The zero-order valence-corrected chi connectivity index (χ0v) is 14.5. The van der Waals surface area contributed by atoms with E-state index in [9.17, 15) is 0 Å². The Labute approximate surface area is 150 Å². The molecule has 7 nitrogen and oxygen atoms in total. The number of fused-ring (bicyclic) bond motifs is 2. The van der Waals surface area contributed by atoms with Crippen molar-refractivity contribution in [3.8, 4) is 0 Å². The molecule has 26 heavy (non-hydrogen) atoms. The van der Waals surface area contributed by atoms with Crippen LogP contribution in [0.4, 0.5) is 11.8 Å². The maximum atomic E-state index is 5.92. The van der Waals surface area contributed by atoms with Crippen LogP contribution in [-0.2, 0) is 0 Å². The highest BCUT2D eigenvalue weighted by molar-refractivity contribution is 5.75. The maximum absolute atomic E-state index is 5.92. The predicted molar refractivity (Wildman–Crippen MR) is 101 cm³/mol. The van der Waals surface area contributed by atoms with Crippen molar-refractivity contribution in [2.75, 3.05) is 36.0 Å². The van der Waals surface area contributed by atoms with Crippen LogP contribution in [-0.4, -0.2) is 46.1 Å². The summed E-state index contributed by atoms with van der Waals surface area (Å²) in [6.45, 7) is 5.46. The Morgan fingerprint density at radius 1 is 0.846 bits per heavy atom. The molecule has 1 aliphatic heterocycles. The molecular formula is C19H18N6O. The van der Waals surface area contributed by atoms with E-state index >= 15 is 0 Å². The summed E-state index contributed by atoms with van der Waals surface area (Å²) < 4.78 is 5.92. The fourth-order valence-electron chi connectivity index (χ4n) is 3.31. The minimum absolute atomic E-state index is 0.682. The highest BCUT2D eigenvalue weighted by atomic mass is 16.4. The van der Waals surface area contributed by atoms with E-state index in [0.29, 0.717) is 11.7 Å². The van der Waals surface area contributed by atoms with E-state index in [1.54, 1.807) is 12.4 Å². The third-order valence-corrected chi connectivity index (χ3v) is 4.72. The van der Waals surface area contributed by atoms with Gasteiger partial charge in [0.25, 0.3) is 6.01 Å². The van der Waals surface area contributed by atoms with Gasteiger partial charge in [0, 0.05) is 38.6 Å². The Kier molecular flexibility index (Phi) is 3.44. The molecule has 0 unspecified atom stereocenters. The number of pyridine rings is 1. The minimum atomic E-state index is 0.682. The van der Waals surface area contributed by atoms with Crippen molar-refractivity contribution in [2.45, 2.75) is 6.92 Å². The average Bonchev–Trinajstić information content (AvgIpc) is 3.11. The van der Waals surface area contributed by atoms with Crippen LogP contribution in [0.3, 0.4) is 0 Å². The highest BCUT2D eigenvalue weighted by Gasteiger charge is 2.22. The highest BCUT2D eigenvalue weighted by Crippen LogP contribution is 2.25. The van der Waals surface area contributed by atoms with Crippen LogP contribution in [0, 0.1) is 6.92 Å². The molecule has 7 heteroatoms. The van der Waals surface area contributed by atoms with Crippen LogP contribution in [0.25, 0.3) is 22.3 Å². The standard InChI is InChI=1S/C19H18N6O/c1-13-2-4-16-15(12-13)22-19(26-16)25-10-8-24(9-11-25)17-5-3-14-18(23-17)21-7-6-20-14/h2-7,12H,8-11H2,1H3. The monoisotopic (exact) mass is 346 g/mol. The van der Waals surface area contributed by atoms with E-state index in [0.717, 1.165) is 48.6 Å². The van der Waals surface area contributed by atoms with Crippen LogP contribution < -0.4 is 9.80 Å². The van der Waals surface area contributed by atoms with Gasteiger partial charge in [0.15, 0.2) is 11.2 Å². The molecule has 0 saturated carbocycles. The quantitative estimate of drug-likeness (QED) is 0.553. The first-order valence-corrected chi connectivity index (χ1v) is 8.71. The molecule has 0 amide bonds. The predicted octanol–water partition coefficient (Wildman–Crippen LogP) is 2.80. The van der Waals surface area contributed by atoms with Gasteiger partial charge in [-0.05, 0) is 36.8 Å². The molecule has 1 aliphatic rings. The Morgan fingerprint density at radius 2 is 1.65 bits per heavy atom. The molecule has 4 aromatic rings. The maximum Gasteiger partial charge on any atom is 0.298 e. The van der Waals surface area contributed by atoms with Gasteiger partial charge in [0.05, 0.1) is 0 Å². The second kappa shape index (κ2) is 5.94. The first-order chi connectivity index (χ1) is 12.8. The van der Waals surface area contributed by atoms with Crippen LogP contribution in [0.2, 0.25) is 0 Å². The van der Waals surface area contributed by atoms with Crippen molar-refractivity contribution in [3.05, 3.63) is 48.3 Å². The number of hydrogen-bond acceptors (Lipinski definition) is 7. The van der Waals surface area contributed by atoms with E-state index < -0.39 is 0 Å². The molecular weight excluding hydrogens is 328 g/mol. The largest absolute Gasteiger partial charge is 0.423 e. The zero-order chi connectivity index (χ0) is 17.5. The summed E-state index contributed by atoms with van der Waals surface area (Å²) in [5.74, 6) is 0.936. The van der Waals surface area contributed by atoms with Gasteiger partial charge in [0.2, 0.25) is 0 Å². The first-order valence-electron chi connectivity index (χ1n) is 8.71. The number of aromatic nitrogens is 4. The number of nitrogens with zero attached hydrogens (tertiary/aromatic N) is 6. The van der Waals surface area contributed by atoms with Gasteiger partial charge in [0.1, 0.15) is 16.9 Å². The summed E-state index contributed by atoms with van der Waals surface area (Å²) in [5.41, 5.74) is 4.44. The van der Waals surface area contributed by atoms with Gasteiger partial charge in [-0.15, -0.1) is 0 Å². The van der Waals surface area contributed by atoms with Crippen LogP contribution in [0.5, 0.6) is 0 Å². The lowest BCUT2D eigenvalue weighted by Crippen LogP contribution is -2.47. The fraction of sp³-hybridized carbons (Fsp3) is 0.263. The first kappa shape index (κ1) is 15.1. The lowest BCUT2D eigenvalue weighted by molar-refractivity contribution is 0.540. The lowest BCUT2D eigenvalue weighted by Gasteiger charge is -2.34. The number of oxazole rings is 1. The van der Waals surface area contributed by atoms with Gasteiger partial charge in [-0.3, -0.25) is 4.98 Å². The Hall–Kier alpha value is -3.22. The number of anilines is 2. The number of aryl methyl sites for hydroxylation is 1. The lowest BCUT2D eigenvalue weighted by atomic mass is 10.2. The van der Waals surface area contributed by atoms with Gasteiger partial charge >= 0.3 is 0 Å². The average molecular weight is 346 g/mol. The third-order valence-electron chi connectivity index (χ3n) is 4.72. The third kappa shape index (κ3) is 2.61. The van der Waals surface area contributed by atoms with Crippen molar-refractivity contribution < 1.29 is 4.42 Å². The van der Waals surface area contributed by atoms with Crippen molar-refractivity contribution >= 4 is 34.1 Å². The minimum Gasteiger partial charge on any atom is -0.423 e. The smallest absolute Gasteiger partial charge is 0.298 e. The van der Waals surface area contributed by atoms with Crippen molar-refractivity contribution in [1.29, 1.82) is 0 Å². The molecule has 1 saturated heterocycles. The molecule has 0 spiro atoms. The molecule has 4 heterocycles. The summed E-state index contributed by atoms with van der Waals surface area (Å²) in [4.78, 5) is 22.3. The van der Waals surface area contributed by atoms with Crippen molar-refractivity contribution in [2.24, 2.45) is 0 Å². The van der Waals surface area contributed by atoms with E-state index in [4.69, 9.17) is 4.42 Å². The van der Waals surface area contributed by atoms with Gasteiger partial charge in [-0.25, -0.2) is 9.97 Å². The molecule has 5 rings (SSSR count). The molecule has 0 aliphatic carbocycles. The number of hydrogen-bond donors (Lipinski definition) is 0. The second-order valence-corrected chi connectivity index (χ2v) is 6.51. The van der Waals surface area contributed by atoms with Crippen LogP contribution in [0.1, 0.15) is 5.56 Å². The summed E-state index contributed by atoms with van der Waals surface area (Å²) in [5, 5.41) is 0. The van der Waals surface area contributed by atoms with Crippen LogP contribution in [0.15, 0.2) is 47.1 Å². The van der Waals surface area contributed by atoms with E-state index in [2.05, 4.69) is 42.7 Å². The van der Waals surface area contributed by atoms with E-state index in [1.807, 2.05) is 24.3 Å². The summed E-state index contributed by atoms with van der Waals surface area (Å²) in [6, 6.07) is 10.8. The van der Waals surface area contributed by atoms with Gasteiger partial charge < -0.3 is 14.2 Å². The molecule has 130 valence electrons. The van der Waals surface area contributed by atoms with Crippen molar-refractivity contribution in [1.82, 2.24) is 19.9 Å². The molecule has 0 bridgehead atoms. The number of piperazine rings is 1. The second-order valence-electron chi connectivity index (χ2n) is 6.51. The molecule has 1 aromatic carbocycles. The van der Waals surface area contributed by atoms with E-state index in [-0.39, 0.29) is 0 Å². The number of benzene rings is 1. The summed E-state index contributed by atoms with van der Waals surface area (Å²) in [7, 11) is 0. The Bertz CT molecular complexity index is 1080. The molecule has 0 atom stereocenters. The topological polar surface area (TPSA) is 71.2 Å². The van der Waals surface area contributed by atoms with Gasteiger partial charge in [-0.1, -0.05) is 6.07 Å². The molecule has 0 N–H and O–H groups in total. The SMILES string of the molecule is Cc1ccc2oc(N3CCN(c4ccc5nccnc5n4)CC3)nc2c1. The molecule has 0 radical (unpaired) electrons. The van der Waals surface area contributed by atoms with Gasteiger partial charge in [-0.2, -0.15) is 4.98 Å². The van der Waals surface area contributed by atoms with Crippen molar-refractivity contribution in [3.63, 3.8) is 0 Å². The molecule has 1 fully saturated rings. The number of rotatable bonds is 2. The summed E-state index contributed by atoms with van der Waals surface area (Å²) in [6.07, 6.45) is 3.36. The zero-order valence-electron chi connectivity index (χ0n) is 14.5. The van der Waals surface area contributed by atoms with E-state index in [1.165, 1.54) is 5.56 Å². The molecule has 3 aromatic heterocycles.